The lowest BCUT2D eigenvalue weighted by molar-refractivity contribution is 0.165. The van der Waals surface area contributed by atoms with Crippen LogP contribution in [0.4, 0.5) is 0 Å². The molecule has 4 heteroatoms. The second-order valence-electron chi connectivity index (χ2n) is 5.91. The minimum absolute atomic E-state index is 0.210. The molecule has 0 radical (unpaired) electrons. The molecule has 0 aliphatic heterocycles. The number of fused-ring (bicyclic) bond motifs is 1. The molecule has 1 aliphatic carbocycles. The van der Waals surface area contributed by atoms with Crippen LogP contribution < -0.4 is 0 Å². The van der Waals surface area contributed by atoms with Crippen LogP contribution in [0.15, 0.2) is 23.4 Å². The lowest BCUT2D eigenvalue weighted by atomic mass is 10.0. The monoisotopic (exact) mass is 290 g/mol. The number of aliphatic hydroxyl groups is 1. The molecule has 0 bridgehead atoms. The third kappa shape index (κ3) is 3.36. The predicted octanol–water partition coefficient (Wildman–Crippen LogP) is 3.90. The summed E-state index contributed by atoms with van der Waals surface area (Å²) in [5, 5.41) is 11.0. The SMILES string of the molecule is Cc1ccc2nc(SCC(O)CC3CCCC3)[nH]c2c1. The van der Waals surface area contributed by atoms with Crippen LogP contribution >= 0.6 is 11.8 Å². The molecular formula is C16H22N2OS. The van der Waals surface area contributed by atoms with Crippen LogP contribution in [0, 0.1) is 12.8 Å². The quantitative estimate of drug-likeness (QED) is 0.821. The molecule has 1 saturated carbocycles. The fourth-order valence-electron chi connectivity index (χ4n) is 3.04. The minimum Gasteiger partial charge on any atom is -0.392 e. The zero-order chi connectivity index (χ0) is 13.9. The van der Waals surface area contributed by atoms with Gasteiger partial charge in [0.15, 0.2) is 5.16 Å². The zero-order valence-corrected chi connectivity index (χ0v) is 12.7. The highest BCUT2D eigenvalue weighted by Crippen LogP contribution is 2.30. The molecule has 3 rings (SSSR count). The van der Waals surface area contributed by atoms with Crippen molar-refractivity contribution in [3.8, 4) is 0 Å². The van der Waals surface area contributed by atoms with Gasteiger partial charge in [0.25, 0.3) is 0 Å². The van der Waals surface area contributed by atoms with Crippen LogP contribution in [-0.2, 0) is 0 Å². The van der Waals surface area contributed by atoms with E-state index >= 15 is 0 Å². The van der Waals surface area contributed by atoms with E-state index in [1.807, 2.05) is 6.07 Å². The summed E-state index contributed by atoms with van der Waals surface area (Å²) in [5.41, 5.74) is 3.32. The molecule has 1 heterocycles. The summed E-state index contributed by atoms with van der Waals surface area (Å²) in [5.74, 6) is 1.47. The van der Waals surface area contributed by atoms with Crippen molar-refractivity contribution in [2.24, 2.45) is 5.92 Å². The Morgan fingerprint density at radius 3 is 3.00 bits per heavy atom. The summed E-state index contributed by atoms with van der Waals surface area (Å²) < 4.78 is 0. The van der Waals surface area contributed by atoms with E-state index in [1.54, 1.807) is 11.8 Å². The van der Waals surface area contributed by atoms with E-state index in [-0.39, 0.29) is 6.10 Å². The normalized spacial score (nSPS) is 17.9. The Hall–Kier alpha value is -1.00. The second-order valence-corrected chi connectivity index (χ2v) is 6.92. The van der Waals surface area contributed by atoms with E-state index < -0.39 is 0 Å². The molecule has 1 aromatic heterocycles. The number of nitrogens with one attached hydrogen (secondary N) is 1. The minimum atomic E-state index is -0.210. The Morgan fingerprint density at radius 1 is 1.40 bits per heavy atom. The van der Waals surface area contributed by atoms with Crippen molar-refractivity contribution < 1.29 is 5.11 Å². The van der Waals surface area contributed by atoms with Crippen molar-refractivity contribution >= 4 is 22.8 Å². The van der Waals surface area contributed by atoms with Crippen LogP contribution in [0.5, 0.6) is 0 Å². The number of benzene rings is 1. The van der Waals surface area contributed by atoms with Gasteiger partial charge in [0.05, 0.1) is 17.1 Å². The number of aromatic nitrogens is 2. The highest BCUT2D eigenvalue weighted by molar-refractivity contribution is 7.99. The highest BCUT2D eigenvalue weighted by Gasteiger charge is 2.19. The van der Waals surface area contributed by atoms with Gasteiger partial charge in [-0.2, -0.15) is 0 Å². The molecule has 0 saturated heterocycles. The molecule has 1 aromatic carbocycles. The number of aromatic amines is 1. The Kier molecular flexibility index (Phi) is 4.32. The number of H-pyrrole nitrogens is 1. The molecular weight excluding hydrogens is 268 g/mol. The first-order valence-electron chi connectivity index (χ1n) is 7.48. The van der Waals surface area contributed by atoms with Gasteiger partial charge in [-0.25, -0.2) is 4.98 Å². The van der Waals surface area contributed by atoms with Crippen molar-refractivity contribution in [2.75, 3.05) is 5.75 Å². The van der Waals surface area contributed by atoms with Crippen molar-refractivity contribution in [1.29, 1.82) is 0 Å². The molecule has 0 spiro atoms. The molecule has 2 aromatic rings. The zero-order valence-electron chi connectivity index (χ0n) is 11.9. The standard InChI is InChI=1S/C16H22N2OS/c1-11-6-7-14-15(8-11)18-16(17-14)20-10-13(19)9-12-4-2-3-5-12/h6-8,12-13,19H,2-5,9-10H2,1H3,(H,17,18). The van der Waals surface area contributed by atoms with Gasteiger partial charge < -0.3 is 10.1 Å². The van der Waals surface area contributed by atoms with Gasteiger partial charge in [0, 0.05) is 5.75 Å². The third-order valence-electron chi connectivity index (χ3n) is 4.11. The van der Waals surface area contributed by atoms with E-state index in [1.165, 1.54) is 31.2 Å². The molecule has 108 valence electrons. The van der Waals surface area contributed by atoms with Gasteiger partial charge in [-0.1, -0.05) is 43.5 Å². The van der Waals surface area contributed by atoms with Gasteiger partial charge in [-0.3, -0.25) is 0 Å². The average molecular weight is 290 g/mol. The molecule has 0 amide bonds. The summed E-state index contributed by atoms with van der Waals surface area (Å²) in [6.45, 7) is 2.08. The molecule has 2 N–H and O–H groups in total. The van der Waals surface area contributed by atoms with Crippen molar-refractivity contribution in [3.63, 3.8) is 0 Å². The van der Waals surface area contributed by atoms with E-state index in [2.05, 4.69) is 29.0 Å². The number of aryl methyl sites for hydroxylation is 1. The molecule has 1 fully saturated rings. The topological polar surface area (TPSA) is 48.9 Å². The van der Waals surface area contributed by atoms with Gasteiger partial charge >= 0.3 is 0 Å². The van der Waals surface area contributed by atoms with E-state index in [9.17, 15) is 5.11 Å². The largest absolute Gasteiger partial charge is 0.392 e. The summed E-state index contributed by atoms with van der Waals surface area (Å²) in [7, 11) is 0. The Morgan fingerprint density at radius 2 is 2.20 bits per heavy atom. The summed E-state index contributed by atoms with van der Waals surface area (Å²) in [4.78, 5) is 7.88. The number of imidazole rings is 1. The molecule has 1 atom stereocenters. The Bertz CT molecular complexity index is 575. The van der Waals surface area contributed by atoms with Gasteiger partial charge in [-0.05, 0) is 37.0 Å². The fraction of sp³-hybridized carbons (Fsp3) is 0.562. The maximum absolute atomic E-state index is 10.1. The number of hydrogen-bond donors (Lipinski definition) is 2. The first-order valence-corrected chi connectivity index (χ1v) is 8.46. The summed E-state index contributed by atoms with van der Waals surface area (Å²) in [6, 6.07) is 6.23. The average Bonchev–Trinajstić information content (AvgIpc) is 3.04. The number of nitrogens with zero attached hydrogens (tertiary/aromatic N) is 1. The molecule has 20 heavy (non-hydrogen) atoms. The first kappa shape index (κ1) is 14.0. The van der Waals surface area contributed by atoms with Crippen molar-refractivity contribution in [2.45, 2.75) is 50.3 Å². The fourth-order valence-corrected chi connectivity index (χ4v) is 3.87. The van der Waals surface area contributed by atoms with Crippen LogP contribution in [0.1, 0.15) is 37.7 Å². The number of aliphatic hydroxyl groups excluding tert-OH is 1. The van der Waals surface area contributed by atoms with E-state index in [4.69, 9.17) is 0 Å². The highest BCUT2D eigenvalue weighted by atomic mass is 32.2. The van der Waals surface area contributed by atoms with E-state index in [0.29, 0.717) is 0 Å². The Balaban J connectivity index is 1.56. The predicted molar refractivity (Wildman–Crippen MR) is 84.1 cm³/mol. The first-order chi connectivity index (χ1) is 9.70. The van der Waals surface area contributed by atoms with E-state index in [0.717, 1.165) is 34.3 Å². The van der Waals surface area contributed by atoms with Gasteiger partial charge in [0.2, 0.25) is 0 Å². The second kappa shape index (κ2) is 6.19. The number of rotatable bonds is 5. The number of thioether (sulfide) groups is 1. The summed E-state index contributed by atoms with van der Waals surface area (Å²) >= 11 is 1.63. The summed E-state index contributed by atoms with van der Waals surface area (Å²) in [6.07, 6.45) is 6.02. The lowest BCUT2D eigenvalue weighted by Gasteiger charge is -2.14. The third-order valence-corrected chi connectivity index (χ3v) is 5.13. The lowest BCUT2D eigenvalue weighted by Crippen LogP contribution is -2.14. The van der Waals surface area contributed by atoms with Crippen LogP contribution in [-0.4, -0.2) is 26.9 Å². The van der Waals surface area contributed by atoms with Crippen molar-refractivity contribution in [3.05, 3.63) is 23.8 Å². The Labute approximate surface area is 124 Å². The maximum Gasteiger partial charge on any atom is 0.166 e. The van der Waals surface area contributed by atoms with Crippen molar-refractivity contribution in [1.82, 2.24) is 9.97 Å². The number of hydrogen-bond acceptors (Lipinski definition) is 3. The van der Waals surface area contributed by atoms with Crippen LogP contribution in [0.2, 0.25) is 0 Å². The van der Waals surface area contributed by atoms with Gasteiger partial charge in [-0.15, -0.1) is 0 Å². The molecule has 3 nitrogen and oxygen atoms in total. The smallest absolute Gasteiger partial charge is 0.166 e. The van der Waals surface area contributed by atoms with Gasteiger partial charge in [0.1, 0.15) is 0 Å². The van der Waals surface area contributed by atoms with Crippen LogP contribution in [0.3, 0.4) is 0 Å². The van der Waals surface area contributed by atoms with Crippen LogP contribution in [0.25, 0.3) is 11.0 Å². The molecule has 1 unspecified atom stereocenters. The maximum atomic E-state index is 10.1. The molecule has 1 aliphatic rings.